The molecule has 1 aromatic rings. The van der Waals surface area contributed by atoms with Gasteiger partial charge in [-0.15, -0.1) is 0 Å². The number of allylic oxidation sites excluding steroid dienone is 2. The van der Waals surface area contributed by atoms with Crippen LogP contribution in [0.25, 0.3) is 5.57 Å². The number of hydrogen-bond acceptors (Lipinski definition) is 3. The van der Waals surface area contributed by atoms with Crippen molar-refractivity contribution in [2.24, 2.45) is 0 Å². The van der Waals surface area contributed by atoms with Crippen LogP contribution in [0.3, 0.4) is 0 Å². The van der Waals surface area contributed by atoms with Gasteiger partial charge in [-0.05, 0) is 24.1 Å². The smallest absolute Gasteiger partial charge is 0.342 e. The zero-order valence-corrected chi connectivity index (χ0v) is 9.53. The van der Waals surface area contributed by atoms with E-state index in [1.165, 1.54) is 6.08 Å². The van der Waals surface area contributed by atoms with E-state index in [2.05, 4.69) is 6.58 Å². The summed E-state index contributed by atoms with van der Waals surface area (Å²) >= 11 is 0. The van der Waals surface area contributed by atoms with E-state index >= 15 is 0 Å². The highest BCUT2D eigenvalue weighted by atomic mass is 16.5. The quantitative estimate of drug-likeness (QED) is 0.576. The molecular formula is C14H12O3. The van der Waals surface area contributed by atoms with Gasteiger partial charge in [-0.1, -0.05) is 30.8 Å². The Labute approximate surface area is 99.4 Å². The number of carbonyl (C=O) groups excluding carboxylic acids is 2. The molecular weight excluding hydrogens is 216 g/mol. The molecule has 3 nitrogen and oxygen atoms in total. The van der Waals surface area contributed by atoms with E-state index in [1.54, 1.807) is 19.1 Å². The number of carbonyl (C=O) groups is 2. The van der Waals surface area contributed by atoms with Gasteiger partial charge in [0.25, 0.3) is 0 Å². The highest BCUT2D eigenvalue weighted by molar-refractivity contribution is 6.28. The molecule has 1 aliphatic carbocycles. The highest BCUT2D eigenvalue weighted by Gasteiger charge is 2.27. The number of ether oxygens (including phenoxy) is 1. The van der Waals surface area contributed by atoms with Crippen LogP contribution in [0, 0.1) is 0 Å². The SMILES string of the molecule is C=C1C=C(C(=O)OCC)C(=O)c2ccccc21. The van der Waals surface area contributed by atoms with E-state index in [0.717, 1.165) is 5.56 Å². The number of ketones is 1. The average Bonchev–Trinajstić information content (AvgIpc) is 2.34. The lowest BCUT2D eigenvalue weighted by Crippen LogP contribution is -2.20. The zero-order valence-electron chi connectivity index (χ0n) is 9.53. The van der Waals surface area contributed by atoms with Crippen LogP contribution in [0.4, 0.5) is 0 Å². The number of benzene rings is 1. The summed E-state index contributed by atoms with van der Waals surface area (Å²) in [6, 6.07) is 7.10. The van der Waals surface area contributed by atoms with Crippen LogP contribution in [0.15, 0.2) is 42.5 Å². The van der Waals surface area contributed by atoms with Crippen LogP contribution in [-0.4, -0.2) is 18.4 Å². The summed E-state index contributed by atoms with van der Waals surface area (Å²) in [6.45, 7) is 5.80. The number of fused-ring (bicyclic) bond motifs is 1. The van der Waals surface area contributed by atoms with E-state index in [4.69, 9.17) is 4.74 Å². The van der Waals surface area contributed by atoms with Crippen LogP contribution in [-0.2, 0) is 9.53 Å². The van der Waals surface area contributed by atoms with Gasteiger partial charge in [-0.3, -0.25) is 4.79 Å². The fourth-order valence-electron chi connectivity index (χ4n) is 1.78. The summed E-state index contributed by atoms with van der Waals surface area (Å²) in [5.41, 5.74) is 1.98. The van der Waals surface area contributed by atoms with E-state index in [1.807, 2.05) is 12.1 Å². The van der Waals surface area contributed by atoms with Crippen molar-refractivity contribution in [1.82, 2.24) is 0 Å². The summed E-state index contributed by atoms with van der Waals surface area (Å²) in [5.74, 6) is -0.889. The summed E-state index contributed by atoms with van der Waals surface area (Å²) in [7, 11) is 0. The van der Waals surface area contributed by atoms with Crippen molar-refractivity contribution in [1.29, 1.82) is 0 Å². The van der Waals surface area contributed by atoms with Crippen LogP contribution in [0.1, 0.15) is 22.8 Å². The van der Waals surface area contributed by atoms with Crippen molar-refractivity contribution >= 4 is 17.3 Å². The molecule has 0 bridgehead atoms. The zero-order chi connectivity index (χ0) is 12.4. The third kappa shape index (κ3) is 1.91. The minimum atomic E-state index is -0.590. The second-order valence-corrected chi connectivity index (χ2v) is 3.68. The number of Topliss-reactive ketones (excluding diaryl/α,β-unsaturated/α-hetero) is 1. The predicted octanol–water partition coefficient (Wildman–Crippen LogP) is 2.39. The lowest BCUT2D eigenvalue weighted by Gasteiger charge is -2.16. The molecule has 0 aromatic heterocycles. The Morgan fingerprint density at radius 1 is 1.29 bits per heavy atom. The fraction of sp³-hybridized carbons (Fsp3) is 0.143. The van der Waals surface area contributed by atoms with Crippen molar-refractivity contribution in [2.75, 3.05) is 6.61 Å². The molecule has 0 heterocycles. The lowest BCUT2D eigenvalue weighted by atomic mass is 9.88. The maximum absolute atomic E-state index is 12.1. The van der Waals surface area contributed by atoms with Crippen molar-refractivity contribution in [3.63, 3.8) is 0 Å². The molecule has 2 rings (SSSR count). The second kappa shape index (κ2) is 4.37. The normalized spacial score (nSPS) is 14.1. The van der Waals surface area contributed by atoms with Gasteiger partial charge in [0.15, 0.2) is 0 Å². The standard InChI is InChI=1S/C14H12O3/c1-3-17-14(16)12-8-9(2)10-6-4-5-7-11(10)13(12)15/h4-8H,2-3H2,1H3. The van der Waals surface area contributed by atoms with Gasteiger partial charge < -0.3 is 4.74 Å². The summed E-state index contributed by atoms with van der Waals surface area (Å²) in [5, 5.41) is 0. The highest BCUT2D eigenvalue weighted by Crippen LogP contribution is 2.28. The monoisotopic (exact) mass is 228 g/mol. The van der Waals surface area contributed by atoms with Crippen molar-refractivity contribution in [2.45, 2.75) is 6.92 Å². The maximum Gasteiger partial charge on any atom is 0.342 e. The Balaban J connectivity index is 2.45. The van der Waals surface area contributed by atoms with Crippen LogP contribution in [0.5, 0.6) is 0 Å². The molecule has 0 saturated carbocycles. The molecule has 0 atom stereocenters. The van der Waals surface area contributed by atoms with Gasteiger partial charge in [0, 0.05) is 5.56 Å². The van der Waals surface area contributed by atoms with Crippen molar-refractivity contribution < 1.29 is 14.3 Å². The van der Waals surface area contributed by atoms with Gasteiger partial charge in [0.05, 0.1) is 6.61 Å². The molecule has 0 amide bonds. The van der Waals surface area contributed by atoms with Gasteiger partial charge in [-0.25, -0.2) is 4.79 Å². The molecule has 0 N–H and O–H groups in total. The molecule has 0 unspecified atom stereocenters. The summed E-state index contributed by atoms with van der Waals surface area (Å²) < 4.78 is 4.85. The number of esters is 1. The van der Waals surface area contributed by atoms with Crippen LogP contribution in [0.2, 0.25) is 0 Å². The Morgan fingerprint density at radius 3 is 2.59 bits per heavy atom. The molecule has 17 heavy (non-hydrogen) atoms. The van der Waals surface area contributed by atoms with Crippen LogP contribution < -0.4 is 0 Å². The Morgan fingerprint density at radius 2 is 1.94 bits per heavy atom. The van der Waals surface area contributed by atoms with Gasteiger partial charge in [0.2, 0.25) is 5.78 Å². The number of rotatable bonds is 2. The first-order valence-electron chi connectivity index (χ1n) is 5.37. The lowest BCUT2D eigenvalue weighted by molar-refractivity contribution is -0.138. The third-order valence-corrected chi connectivity index (χ3v) is 2.58. The Bertz CT molecular complexity index is 538. The molecule has 0 spiro atoms. The molecule has 86 valence electrons. The predicted molar refractivity (Wildman–Crippen MR) is 64.5 cm³/mol. The minimum Gasteiger partial charge on any atom is -0.462 e. The third-order valence-electron chi connectivity index (χ3n) is 2.58. The molecule has 0 fully saturated rings. The van der Waals surface area contributed by atoms with Crippen LogP contribution >= 0.6 is 0 Å². The largest absolute Gasteiger partial charge is 0.462 e. The maximum atomic E-state index is 12.1. The average molecular weight is 228 g/mol. The minimum absolute atomic E-state index is 0.0514. The van der Waals surface area contributed by atoms with Crippen molar-refractivity contribution in [3.8, 4) is 0 Å². The molecule has 3 heteroatoms. The molecule has 0 aliphatic heterocycles. The molecule has 0 radical (unpaired) electrons. The Kier molecular flexibility index (Phi) is 2.91. The second-order valence-electron chi connectivity index (χ2n) is 3.68. The molecule has 1 aliphatic rings. The summed E-state index contributed by atoms with van der Waals surface area (Å²) in [4.78, 5) is 23.7. The fourth-order valence-corrected chi connectivity index (χ4v) is 1.78. The van der Waals surface area contributed by atoms with Gasteiger partial charge in [0.1, 0.15) is 5.57 Å². The van der Waals surface area contributed by atoms with Crippen molar-refractivity contribution in [3.05, 3.63) is 53.6 Å². The first-order chi connectivity index (χ1) is 8.15. The van der Waals surface area contributed by atoms with E-state index < -0.39 is 5.97 Å². The molecule has 0 saturated heterocycles. The van der Waals surface area contributed by atoms with Gasteiger partial charge in [-0.2, -0.15) is 0 Å². The topological polar surface area (TPSA) is 43.4 Å². The summed E-state index contributed by atoms with van der Waals surface area (Å²) in [6.07, 6.45) is 1.49. The first-order valence-corrected chi connectivity index (χ1v) is 5.37. The van der Waals surface area contributed by atoms with E-state index in [-0.39, 0.29) is 18.0 Å². The Hall–Kier alpha value is -2.16. The van der Waals surface area contributed by atoms with E-state index in [9.17, 15) is 9.59 Å². The first kappa shape index (κ1) is 11.3. The van der Waals surface area contributed by atoms with Gasteiger partial charge >= 0.3 is 5.97 Å². The number of hydrogen-bond donors (Lipinski definition) is 0. The molecule has 1 aromatic carbocycles. The van der Waals surface area contributed by atoms with E-state index in [0.29, 0.717) is 11.1 Å².